The van der Waals surface area contributed by atoms with E-state index in [-0.39, 0.29) is 12.5 Å². The van der Waals surface area contributed by atoms with Crippen molar-refractivity contribution in [2.45, 2.75) is 44.6 Å². The van der Waals surface area contributed by atoms with Gasteiger partial charge in [0, 0.05) is 12.6 Å². The minimum Gasteiger partial charge on any atom is -0.496 e. The number of esters is 1. The number of amides is 1. The summed E-state index contributed by atoms with van der Waals surface area (Å²) in [6, 6.07) is 11.7. The lowest BCUT2D eigenvalue weighted by molar-refractivity contribution is -0.140. The van der Waals surface area contributed by atoms with Crippen molar-refractivity contribution in [3.8, 4) is 5.75 Å². The predicted molar refractivity (Wildman–Crippen MR) is 107 cm³/mol. The van der Waals surface area contributed by atoms with E-state index in [9.17, 15) is 9.59 Å². The number of methoxy groups -OCH3 is 1. The Morgan fingerprint density at radius 1 is 1.04 bits per heavy atom. The van der Waals surface area contributed by atoms with Crippen molar-refractivity contribution >= 4 is 22.6 Å². The third-order valence-corrected chi connectivity index (χ3v) is 6.18. The maximum atomic E-state index is 12.8. The van der Waals surface area contributed by atoms with E-state index >= 15 is 0 Å². The minimum atomic E-state index is -0.520. The molecule has 0 bridgehead atoms. The van der Waals surface area contributed by atoms with Crippen LogP contribution >= 0.6 is 0 Å². The third kappa shape index (κ3) is 3.71. The summed E-state index contributed by atoms with van der Waals surface area (Å²) in [4.78, 5) is 27.4. The van der Waals surface area contributed by atoms with Crippen LogP contribution in [-0.4, -0.2) is 43.1 Å². The standard InChI is InChI=1S/C23H27NO4/c1-27-21-14-18-9-3-2-8-17(18)13-19(21)23(26)28-15-22(25)24-12-6-10-16-7-4-5-11-20(16)24/h2-3,8-9,13-14,16,20H,4-7,10-12,15H2,1H3/t16-,20-/m0/s1. The van der Waals surface area contributed by atoms with E-state index in [1.165, 1.54) is 32.8 Å². The van der Waals surface area contributed by atoms with Gasteiger partial charge in [0.25, 0.3) is 5.91 Å². The number of ether oxygens (including phenoxy) is 2. The van der Waals surface area contributed by atoms with Crippen LogP contribution in [0.5, 0.6) is 5.75 Å². The highest BCUT2D eigenvalue weighted by atomic mass is 16.5. The highest BCUT2D eigenvalue weighted by Gasteiger charge is 2.35. The number of rotatable bonds is 4. The van der Waals surface area contributed by atoms with Gasteiger partial charge in [-0.25, -0.2) is 4.79 Å². The van der Waals surface area contributed by atoms with Crippen LogP contribution in [0.25, 0.3) is 10.8 Å². The van der Waals surface area contributed by atoms with Crippen molar-refractivity contribution in [3.63, 3.8) is 0 Å². The first-order valence-electron chi connectivity index (χ1n) is 10.2. The molecule has 0 spiro atoms. The number of likely N-dealkylation sites (tertiary alicyclic amines) is 1. The van der Waals surface area contributed by atoms with Crippen LogP contribution in [0.1, 0.15) is 48.9 Å². The average molecular weight is 381 g/mol. The van der Waals surface area contributed by atoms with Crippen molar-refractivity contribution in [2.75, 3.05) is 20.3 Å². The molecule has 1 aliphatic heterocycles. The van der Waals surface area contributed by atoms with Gasteiger partial charge in [0.2, 0.25) is 0 Å². The number of nitrogens with zero attached hydrogens (tertiary/aromatic N) is 1. The van der Waals surface area contributed by atoms with Gasteiger partial charge in [-0.05, 0) is 54.5 Å². The Morgan fingerprint density at radius 3 is 2.54 bits per heavy atom. The summed E-state index contributed by atoms with van der Waals surface area (Å²) in [6.07, 6.45) is 6.98. The SMILES string of the molecule is COc1cc2ccccc2cc1C(=O)OCC(=O)N1CCC[C@@H]2CCCC[C@@H]21. The highest BCUT2D eigenvalue weighted by molar-refractivity contribution is 5.99. The van der Waals surface area contributed by atoms with Gasteiger partial charge in [-0.15, -0.1) is 0 Å². The molecule has 2 aromatic rings. The lowest BCUT2D eigenvalue weighted by atomic mass is 9.78. The molecule has 0 aromatic heterocycles. The monoisotopic (exact) mass is 381 g/mol. The van der Waals surface area contributed by atoms with Crippen molar-refractivity contribution in [2.24, 2.45) is 5.92 Å². The Labute approximate surface area is 165 Å². The van der Waals surface area contributed by atoms with Gasteiger partial charge >= 0.3 is 5.97 Å². The van der Waals surface area contributed by atoms with Gasteiger partial charge in [0.1, 0.15) is 11.3 Å². The molecule has 5 heteroatoms. The smallest absolute Gasteiger partial charge is 0.342 e. The summed E-state index contributed by atoms with van der Waals surface area (Å²) in [7, 11) is 1.53. The van der Waals surface area contributed by atoms with Gasteiger partial charge in [-0.1, -0.05) is 37.1 Å². The molecule has 0 radical (unpaired) electrons. The van der Waals surface area contributed by atoms with Crippen molar-refractivity contribution in [1.82, 2.24) is 4.90 Å². The predicted octanol–water partition coefficient (Wildman–Crippen LogP) is 4.19. The zero-order valence-electron chi connectivity index (χ0n) is 16.4. The quantitative estimate of drug-likeness (QED) is 0.746. The zero-order valence-corrected chi connectivity index (χ0v) is 16.4. The molecule has 0 unspecified atom stereocenters. The van der Waals surface area contributed by atoms with Crippen LogP contribution in [0.15, 0.2) is 36.4 Å². The molecular weight excluding hydrogens is 354 g/mol. The summed E-state index contributed by atoms with van der Waals surface area (Å²) < 4.78 is 10.8. The lowest BCUT2D eigenvalue weighted by Crippen LogP contribution is -2.50. The summed E-state index contributed by atoms with van der Waals surface area (Å²) in [6.45, 7) is 0.564. The normalized spacial score (nSPS) is 21.8. The fraction of sp³-hybridized carbons (Fsp3) is 0.478. The van der Waals surface area contributed by atoms with Gasteiger partial charge in [0.05, 0.1) is 7.11 Å². The second kappa shape index (κ2) is 8.21. The lowest BCUT2D eigenvalue weighted by Gasteiger charge is -2.44. The summed E-state index contributed by atoms with van der Waals surface area (Å²) in [5.41, 5.74) is 0.350. The summed E-state index contributed by atoms with van der Waals surface area (Å²) in [5, 5.41) is 1.92. The average Bonchev–Trinajstić information content (AvgIpc) is 2.75. The van der Waals surface area contributed by atoms with Crippen molar-refractivity contribution < 1.29 is 19.1 Å². The van der Waals surface area contributed by atoms with E-state index < -0.39 is 5.97 Å². The Morgan fingerprint density at radius 2 is 1.75 bits per heavy atom. The largest absolute Gasteiger partial charge is 0.496 e. The molecule has 28 heavy (non-hydrogen) atoms. The Bertz CT molecular complexity index is 876. The van der Waals surface area contributed by atoms with E-state index in [1.807, 2.05) is 35.2 Å². The topological polar surface area (TPSA) is 55.8 Å². The molecule has 2 aromatic carbocycles. The van der Waals surface area contributed by atoms with Crippen LogP contribution in [0.4, 0.5) is 0 Å². The molecule has 5 nitrogen and oxygen atoms in total. The summed E-state index contributed by atoms with van der Waals surface area (Å²) >= 11 is 0. The van der Waals surface area contributed by atoms with Gasteiger partial charge in [0.15, 0.2) is 6.61 Å². The van der Waals surface area contributed by atoms with Crippen LogP contribution in [0.2, 0.25) is 0 Å². The number of piperidine rings is 1. The fourth-order valence-electron chi connectivity index (χ4n) is 4.77. The van der Waals surface area contributed by atoms with Crippen molar-refractivity contribution in [1.29, 1.82) is 0 Å². The van der Waals surface area contributed by atoms with E-state index in [4.69, 9.17) is 9.47 Å². The minimum absolute atomic E-state index is 0.0790. The highest BCUT2D eigenvalue weighted by Crippen LogP contribution is 2.35. The number of carbonyl (C=O) groups is 2. The molecule has 2 atom stereocenters. The third-order valence-electron chi connectivity index (χ3n) is 6.18. The maximum Gasteiger partial charge on any atom is 0.342 e. The fourth-order valence-corrected chi connectivity index (χ4v) is 4.77. The molecule has 2 aliphatic rings. The van der Waals surface area contributed by atoms with Crippen LogP contribution in [0.3, 0.4) is 0 Å². The first-order chi connectivity index (χ1) is 13.7. The van der Waals surface area contributed by atoms with Gasteiger partial charge in [-0.2, -0.15) is 0 Å². The molecule has 1 saturated heterocycles. The number of fused-ring (bicyclic) bond motifs is 2. The molecule has 1 amide bonds. The maximum absolute atomic E-state index is 12.8. The van der Waals surface area contributed by atoms with Gasteiger partial charge < -0.3 is 14.4 Å². The van der Waals surface area contributed by atoms with Crippen molar-refractivity contribution in [3.05, 3.63) is 42.0 Å². The molecule has 1 aliphatic carbocycles. The second-order valence-electron chi connectivity index (χ2n) is 7.82. The Hall–Kier alpha value is -2.56. The first kappa shape index (κ1) is 18.8. The van der Waals surface area contributed by atoms with E-state index in [0.29, 0.717) is 23.3 Å². The van der Waals surface area contributed by atoms with Gasteiger partial charge in [-0.3, -0.25) is 4.79 Å². The second-order valence-corrected chi connectivity index (χ2v) is 7.82. The number of hydrogen-bond acceptors (Lipinski definition) is 4. The van der Waals surface area contributed by atoms with E-state index in [1.54, 1.807) is 6.07 Å². The zero-order chi connectivity index (χ0) is 19.5. The first-order valence-corrected chi connectivity index (χ1v) is 10.2. The van der Waals surface area contributed by atoms with E-state index in [0.717, 1.165) is 30.2 Å². The molecular formula is C23H27NO4. The Balaban J connectivity index is 1.45. The summed E-state index contributed by atoms with van der Waals surface area (Å²) in [5.74, 6) is 0.474. The molecule has 2 fully saturated rings. The van der Waals surface area contributed by atoms with Crippen LogP contribution < -0.4 is 4.74 Å². The number of carbonyl (C=O) groups excluding carboxylic acids is 2. The molecule has 0 N–H and O–H groups in total. The molecule has 4 rings (SSSR count). The van der Waals surface area contributed by atoms with E-state index in [2.05, 4.69) is 0 Å². The Kier molecular flexibility index (Phi) is 5.51. The molecule has 1 heterocycles. The van der Waals surface area contributed by atoms with Crippen LogP contribution in [-0.2, 0) is 9.53 Å². The number of hydrogen-bond donors (Lipinski definition) is 0. The molecule has 148 valence electrons. The van der Waals surface area contributed by atoms with Crippen LogP contribution in [0, 0.1) is 5.92 Å². The molecule has 1 saturated carbocycles. The number of benzene rings is 2.